The summed E-state index contributed by atoms with van der Waals surface area (Å²) in [6.07, 6.45) is 10.4. The Morgan fingerprint density at radius 2 is 1.92 bits per heavy atom. The number of aliphatic hydroxyl groups excluding tert-OH is 1. The van der Waals surface area contributed by atoms with Crippen LogP contribution < -0.4 is 4.74 Å². The van der Waals surface area contributed by atoms with Gasteiger partial charge >= 0.3 is 0 Å². The van der Waals surface area contributed by atoms with Crippen molar-refractivity contribution in [1.82, 2.24) is 0 Å². The van der Waals surface area contributed by atoms with Crippen LogP contribution in [0.1, 0.15) is 64.0 Å². The van der Waals surface area contributed by atoms with Crippen LogP contribution in [0.4, 0.5) is 0 Å². The molecular formula is C22H32O3. The summed E-state index contributed by atoms with van der Waals surface area (Å²) in [5.74, 6) is 1.28. The van der Waals surface area contributed by atoms with Crippen LogP contribution >= 0.6 is 0 Å². The van der Waals surface area contributed by atoms with Crippen molar-refractivity contribution in [2.45, 2.75) is 71.8 Å². The highest BCUT2D eigenvalue weighted by Crippen LogP contribution is 2.39. The van der Waals surface area contributed by atoms with Gasteiger partial charge in [0.15, 0.2) is 0 Å². The molecule has 0 saturated heterocycles. The van der Waals surface area contributed by atoms with Crippen molar-refractivity contribution in [2.24, 2.45) is 0 Å². The van der Waals surface area contributed by atoms with E-state index in [1.807, 2.05) is 19.9 Å². The average molecular weight is 344 g/mol. The van der Waals surface area contributed by atoms with Crippen LogP contribution in [0.25, 0.3) is 0 Å². The van der Waals surface area contributed by atoms with E-state index in [2.05, 4.69) is 26.0 Å². The summed E-state index contributed by atoms with van der Waals surface area (Å²) in [4.78, 5) is 0. The number of aliphatic hydroxyl groups is 1. The fraction of sp³-hybridized carbons (Fsp3) is 0.545. The van der Waals surface area contributed by atoms with E-state index in [1.54, 1.807) is 6.07 Å². The molecule has 0 bridgehead atoms. The highest BCUT2D eigenvalue weighted by molar-refractivity contribution is 5.47. The molecule has 2 rings (SSSR count). The number of phenols is 1. The molecule has 25 heavy (non-hydrogen) atoms. The number of aromatic hydroxyl groups is 1. The third kappa shape index (κ3) is 5.64. The lowest BCUT2D eigenvalue weighted by molar-refractivity contribution is 0.0561. The number of aryl methyl sites for hydroxylation is 2. The van der Waals surface area contributed by atoms with Crippen molar-refractivity contribution in [3.8, 4) is 11.5 Å². The second kappa shape index (κ2) is 8.57. The first kappa shape index (κ1) is 19.6. The van der Waals surface area contributed by atoms with E-state index in [4.69, 9.17) is 9.84 Å². The molecule has 0 radical (unpaired) electrons. The van der Waals surface area contributed by atoms with Crippen molar-refractivity contribution in [3.63, 3.8) is 0 Å². The van der Waals surface area contributed by atoms with Crippen LogP contribution in [0.5, 0.6) is 11.5 Å². The molecule has 0 amide bonds. The van der Waals surface area contributed by atoms with Gasteiger partial charge in [-0.05, 0) is 89.5 Å². The number of phenolic OH excluding ortho intramolecular Hbond substituents is 1. The Hall–Kier alpha value is -1.74. The zero-order chi connectivity index (χ0) is 18.4. The van der Waals surface area contributed by atoms with Gasteiger partial charge in [0.1, 0.15) is 17.1 Å². The molecule has 1 heterocycles. The molecule has 0 spiro atoms. The molecule has 2 N–H and O–H groups in total. The topological polar surface area (TPSA) is 49.7 Å². The Bertz CT molecular complexity index is 657. The molecule has 3 nitrogen and oxygen atoms in total. The fourth-order valence-electron chi connectivity index (χ4n) is 3.37. The van der Waals surface area contributed by atoms with Crippen LogP contribution in [-0.4, -0.2) is 22.4 Å². The van der Waals surface area contributed by atoms with Gasteiger partial charge in [0.25, 0.3) is 0 Å². The standard InChI is InChI=1S/C22H32O3/c1-16(7-5-8-17(2)15-23)9-6-11-22(4)12-10-19-14-20(24)13-18(3)21(19)25-22/h8-9,13-14,23-24H,5-7,10-12,15H2,1-4H3/b16-9+,17-8+/t22-/m1/s1. The van der Waals surface area contributed by atoms with E-state index in [0.717, 1.165) is 61.0 Å². The van der Waals surface area contributed by atoms with Crippen LogP contribution in [0, 0.1) is 6.92 Å². The number of benzene rings is 1. The number of allylic oxidation sites excluding steroid dienone is 3. The van der Waals surface area contributed by atoms with Crippen LogP contribution in [0.15, 0.2) is 35.4 Å². The van der Waals surface area contributed by atoms with Crippen LogP contribution in [-0.2, 0) is 6.42 Å². The van der Waals surface area contributed by atoms with Crippen molar-refractivity contribution in [2.75, 3.05) is 6.61 Å². The van der Waals surface area contributed by atoms with Gasteiger partial charge < -0.3 is 14.9 Å². The largest absolute Gasteiger partial charge is 0.508 e. The molecule has 1 aromatic carbocycles. The first-order chi connectivity index (χ1) is 11.8. The molecule has 1 atom stereocenters. The zero-order valence-electron chi connectivity index (χ0n) is 16.1. The fourth-order valence-corrected chi connectivity index (χ4v) is 3.37. The van der Waals surface area contributed by atoms with Gasteiger partial charge in [-0.25, -0.2) is 0 Å². The lowest BCUT2D eigenvalue weighted by atomic mass is 9.87. The van der Waals surface area contributed by atoms with E-state index >= 15 is 0 Å². The SMILES string of the molecule is C/C(=C\CC/C(C)=C/CC[C@]1(C)CCc2cc(O)cc(C)c2O1)CO. The summed E-state index contributed by atoms with van der Waals surface area (Å²) in [5.41, 5.74) is 4.42. The maximum Gasteiger partial charge on any atom is 0.126 e. The summed E-state index contributed by atoms with van der Waals surface area (Å²) in [6.45, 7) is 8.47. The zero-order valence-corrected chi connectivity index (χ0v) is 16.1. The van der Waals surface area contributed by atoms with Crippen molar-refractivity contribution in [3.05, 3.63) is 46.6 Å². The second-order valence-electron chi connectivity index (χ2n) is 7.64. The Morgan fingerprint density at radius 1 is 1.20 bits per heavy atom. The quantitative estimate of drug-likeness (QED) is 0.666. The molecule has 1 aromatic rings. The Morgan fingerprint density at radius 3 is 2.64 bits per heavy atom. The smallest absolute Gasteiger partial charge is 0.126 e. The molecule has 0 aliphatic carbocycles. The van der Waals surface area contributed by atoms with Gasteiger partial charge in [-0.3, -0.25) is 0 Å². The first-order valence-electron chi connectivity index (χ1n) is 9.26. The highest BCUT2D eigenvalue weighted by atomic mass is 16.5. The van der Waals surface area contributed by atoms with Crippen molar-refractivity contribution >= 4 is 0 Å². The summed E-state index contributed by atoms with van der Waals surface area (Å²) < 4.78 is 6.34. The maximum absolute atomic E-state index is 9.74. The number of hydrogen-bond acceptors (Lipinski definition) is 3. The number of fused-ring (bicyclic) bond motifs is 1. The minimum absolute atomic E-state index is 0.140. The Balaban J connectivity index is 1.89. The molecule has 1 aliphatic rings. The lowest BCUT2D eigenvalue weighted by Crippen LogP contribution is -2.36. The van der Waals surface area contributed by atoms with Gasteiger partial charge in [0, 0.05) is 0 Å². The highest BCUT2D eigenvalue weighted by Gasteiger charge is 2.31. The normalized spacial score (nSPS) is 21.0. The molecule has 138 valence electrons. The van der Waals surface area contributed by atoms with Gasteiger partial charge in [0.2, 0.25) is 0 Å². The van der Waals surface area contributed by atoms with Gasteiger partial charge in [-0.15, -0.1) is 0 Å². The molecule has 0 fully saturated rings. The molecule has 3 heteroatoms. The summed E-state index contributed by atoms with van der Waals surface area (Å²) in [6, 6.07) is 3.60. The summed E-state index contributed by atoms with van der Waals surface area (Å²) in [7, 11) is 0. The van der Waals surface area contributed by atoms with E-state index < -0.39 is 0 Å². The predicted molar refractivity (Wildman–Crippen MR) is 103 cm³/mol. The molecular weight excluding hydrogens is 312 g/mol. The first-order valence-corrected chi connectivity index (χ1v) is 9.26. The van der Waals surface area contributed by atoms with Gasteiger partial charge in [0.05, 0.1) is 6.61 Å². The molecule has 0 saturated carbocycles. The van der Waals surface area contributed by atoms with Crippen molar-refractivity contribution < 1.29 is 14.9 Å². The van der Waals surface area contributed by atoms with Gasteiger partial charge in [-0.1, -0.05) is 23.3 Å². The Labute approximate surface area is 152 Å². The lowest BCUT2D eigenvalue weighted by Gasteiger charge is -2.36. The molecule has 0 unspecified atom stereocenters. The second-order valence-corrected chi connectivity index (χ2v) is 7.64. The van der Waals surface area contributed by atoms with Gasteiger partial charge in [-0.2, -0.15) is 0 Å². The van der Waals surface area contributed by atoms with Crippen molar-refractivity contribution in [1.29, 1.82) is 0 Å². The summed E-state index contributed by atoms with van der Waals surface area (Å²) in [5, 5.41) is 18.7. The van der Waals surface area contributed by atoms with Crippen LogP contribution in [0.2, 0.25) is 0 Å². The third-order valence-electron chi connectivity index (χ3n) is 5.05. The predicted octanol–water partition coefficient (Wildman–Crippen LogP) is 5.23. The molecule has 0 aromatic heterocycles. The molecule has 1 aliphatic heterocycles. The number of rotatable bonds is 7. The van der Waals surface area contributed by atoms with E-state index in [-0.39, 0.29) is 12.2 Å². The third-order valence-corrected chi connectivity index (χ3v) is 5.05. The Kier molecular flexibility index (Phi) is 6.71. The number of hydrogen-bond donors (Lipinski definition) is 2. The minimum atomic E-state index is -0.140. The maximum atomic E-state index is 9.74. The van der Waals surface area contributed by atoms with E-state index in [0.29, 0.717) is 5.75 Å². The summed E-state index contributed by atoms with van der Waals surface area (Å²) >= 11 is 0. The van der Waals surface area contributed by atoms with E-state index in [1.165, 1.54) is 5.57 Å². The van der Waals surface area contributed by atoms with Crippen LogP contribution in [0.3, 0.4) is 0 Å². The average Bonchev–Trinajstić information content (AvgIpc) is 2.55. The minimum Gasteiger partial charge on any atom is -0.508 e. The monoisotopic (exact) mass is 344 g/mol. The van der Waals surface area contributed by atoms with E-state index in [9.17, 15) is 5.11 Å². The number of ether oxygens (including phenoxy) is 1.